The van der Waals surface area contributed by atoms with E-state index in [4.69, 9.17) is 15.2 Å². The predicted octanol–water partition coefficient (Wildman–Crippen LogP) is 3.27. The van der Waals surface area contributed by atoms with Crippen molar-refractivity contribution < 1.29 is 23.5 Å². The third-order valence-electron chi connectivity index (χ3n) is 6.31. The molecule has 166 valence electrons. The zero-order chi connectivity index (χ0) is 22.3. The minimum atomic E-state index is -2.13. The number of hydrogen-bond donors (Lipinski definition) is 1. The molecular formula is C21H27FI2N2O4. The highest BCUT2D eigenvalue weighted by Crippen LogP contribution is 2.67. The molecule has 0 radical (unpaired) electrons. The average Bonchev–Trinajstić information content (AvgIpc) is 3.21. The summed E-state index contributed by atoms with van der Waals surface area (Å²) in [5, 5.41) is 0. The SMILES string of the molecule is CCN(CC)C(=O)COC(=O)[C@@]1(F)[C@@H]2C[C@@H](OCc3ccc(I)c(I)c3)[C@](C)(N)[C@@H]21. The maximum absolute atomic E-state index is 15.4. The van der Waals surface area contributed by atoms with Gasteiger partial charge in [0.05, 0.1) is 12.7 Å². The van der Waals surface area contributed by atoms with Crippen molar-refractivity contribution in [3.8, 4) is 0 Å². The number of rotatable bonds is 8. The number of benzene rings is 1. The maximum Gasteiger partial charge on any atom is 0.345 e. The number of hydrogen-bond acceptors (Lipinski definition) is 5. The van der Waals surface area contributed by atoms with Crippen LogP contribution in [0.1, 0.15) is 32.8 Å². The molecule has 1 amide bonds. The van der Waals surface area contributed by atoms with Crippen molar-refractivity contribution in [2.75, 3.05) is 19.7 Å². The second kappa shape index (κ2) is 9.14. The second-order valence-electron chi connectivity index (χ2n) is 8.14. The van der Waals surface area contributed by atoms with Gasteiger partial charge in [0, 0.05) is 37.6 Å². The molecule has 9 heteroatoms. The van der Waals surface area contributed by atoms with Gasteiger partial charge >= 0.3 is 5.97 Å². The Labute approximate surface area is 203 Å². The van der Waals surface area contributed by atoms with Gasteiger partial charge in [0.15, 0.2) is 6.61 Å². The molecule has 1 aromatic rings. The Morgan fingerprint density at radius 3 is 2.47 bits per heavy atom. The maximum atomic E-state index is 15.4. The summed E-state index contributed by atoms with van der Waals surface area (Å²) in [5.74, 6) is -2.51. The van der Waals surface area contributed by atoms with E-state index in [2.05, 4.69) is 51.2 Å². The molecule has 5 atom stereocenters. The van der Waals surface area contributed by atoms with Gasteiger partial charge in [-0.3, -0.25) is 4.79 Å². The van der Waals surface area contributed by atoms with Crippen LogP contribution in [0, 0.1) is 19.0 Å². The lowest BCUT2D eigenvalue weighted by Gasteiger charge is -2.32. The van der Waals surface area contributed by atoms with Crippen molar-refractivity contribution >= 4 is 57.1 Å². The van der Waals surface area contributed by atoms with E-state index in [9.17, 15) is 9.59 Å². The molecule has 1 aromatic carbocycles. The number of nitrogens with two attached hydrogens (primary N) is 1. The molecule has 3 rings (SSSR count). The molecule has 0 aromatic heterocycles. The summed E-state index contributed by atoms with van der Waals surface area (Å²) in [6.45, 7) is 6.36. The first-order valence-corrected chi connectivity index (χ1v) is 12.2. The number of halogens is 3. The Hall–Kier alpha value is -0.530. The Morgan fingerprint density at radius 1 is 1.27 bits per heavy atom. The first kappa shape index (κ1) is 24.1. The second-order valence-corrected chi connectivity index (χ2v) is 10.5. The zero-order valence-corrected chi connectivity index (χ0v) is 21.6. The molecule has 2 aliphatic rings. The predicted molar refractivity (Wildman–Crippen MR) is 127 cm³/mol. The summed E-state index contributed by atoms with van der Waals surface area (Å²) in [4.78, 5) is 26.0. The fourth-order valence-corrected chi connectivity index (χ4v) is 5.48. The van der Waals surface area contributed by atoms with Crippen LogP contribution in [0.4, 0.5) is 4.39 Å². The molecule has 30 heavy (non-hydrogen) atoms. The topological polar surface area (TPSA) is 81.9 Å². The third kappa shape index (κ3) is 4.36. The van der Waals surface area contributed by atoms with Crippen molar-refractivity contribution in [3.05, 3.63) is 30.9 Å². The zero-order valence-electron chi connectivity index (χ0n) is 17.3. The fourth-order valence-electron chi connectivity index (χ4n) is 4.56. The molecule has 0 aliphatic heterocycles. The summed E-state index contributed by atoms with van der Waals surface area (Å²) in [6, 6.07) is 6.07. The van der Waals surface area contributed by atoms with Crippen LogP contribution in [0.15, 0.2) is 18.2 Å². The van der Waals surface area contributed by atoms with Gasteiger partial charge in [0.1, 0.15) is 0 Å². The number of alkyl halides is 1. The van der Waals surface area contributed by atoms with Gasteiger partial charge in [-0.25, -0.2) is 9.18 Å². The smallest absolute Gasteiger partial charge is 0.345 e. The van der Waals surface area contributed by atoms with E-state index in [1.54, 1.807) is 6.92 Å². The van der Waals surface area contributed by atoms with Crippen LogP contribution in [0.2, 0.25) is 0 Å². The lowest BCUT2D eigenvalue weighted by molar-refractivity contribution is -0.160. The van der Waals surface area contributed by atoms with E-state index < -0.39 is 35.6 Å². The normalized spacial score (nSPS) is 31.9. The Kier molecular flexibility index (Phi) is 7.35. The van der Waals surface area contributed by atoms with E-state index in [0.717, 1.165) is 9.13 Å². The largest absolute Gasteiger partial charge is 0.453 e. The summed E-state index contributed by atoms with van der Waals surface area (Å²) in [5.41, 5.74) is 4.34. The number of fused-ring (bicyclic) bond motifs is 1. The van der Waals surface area contributed by atoms with Crippen LogP contribution < -0.4 is 5.73 Å². The monoisotopic (exact) mass is 644 g/mol. The number of carbonyl (C=O) groups excluding carboxylic acids is 2. The van der Waals surface area contributed by atoms with Gasteiger partial charge in [0.25, 0.3) is 5.91 Å². The van der Waals surface area contributed by atoms with Gasteiger partial charge in [-0.1, -0.05) is 6.07 Å². The lowest BCUT2D eigenvalue weighted by atomic mass is 9.90. The molecule has 0 saturated heterocycles. The van der Waals surface area contributed by atoms with Crippen LogP contribution >= 0.6 is 45.2 Å². The standard InChI is InChI=1S/C21H27FI2N2O4/c1-4-26(5-2)17(27)11-30-19(28)21(22)13-9-16(20(3,25)18(13)21)29-10-12-6-7-14(23)15(24)8-12/h6-8,13,16,18H,4-5,9-11,25H2,1-3H3/t13-,16-,18-,20+,21-/m1/s1. The molecule has 2 aliphatic carbocycles. The van der Waals surface area contributed by atoms with Crippen molar-refractivity contribution in [1.29, 1.82) is 0 Å². The number of nitrogens with zero attached hydrogens (tertiary/aromatic N) is 1. The van der Waals surface area contributed by atoms with Crippen LogP contribution in [-0.2, 0) is 25.7 Å². The first-order valence-electron chi connectivity index (χ1n) is 10.1. The summed E-state index contributed by atoms with van der Waals surface area (Å²) >= 11 is 4.54. The van der Waals surface area contributed by atoms with Gasteiger partial charge < -0.3 is 20.1 Å². The Bertz CT molecular complexity index is 833. The molecule has 0 unspecified atom stereocenters. The number of carbonyl (C=O) groups is 2. The number of esters is 1. The third-order valence-corrected chi connectivity index (χ3v) is 9.17. The van der Waals surface area contributed by atoms with Crippen LogP contribution in [-0.4, -0.2) is 53.8 Å². The molecule has 6 nitrogen and oxygen atoms in total. The van der Waals surface area contributed by atoms with E-state index in [-0.39, 0.29) is 12.0 Å². The molecular weight excluding hydrogens is 617 g/mol. The molecule has 0 heterocycles. The van der Waals surface area contributed by atoms with E-state index in [0.29, 0.717) is 26.1 Å². The van der Waals surface area contributed by atoms with Gasteiger partial charge in [-0.15, -0.1) is 0 Å². The molecule has 2 saturated carbocycles. The van der Waals surface area contributed by atoms with Crippen LogP contribution in [0.25, 0.3) is 0 Å². The summed E-state index contributed by atoms with van der Waals surface area (Å²) in [7, 11) is 0. The average molecular weight is 644 g/mol. The highest BCUT2D eigenvalue weighted by molar-refractivity contribution is 14.1. The molecule has 2 N–H and O–H groups in total. The van der Waals surface area contributed by atoms with E-state index in [1.165, 1.54) is 8.47 Å². The fraction of sp³-hybridized carbons (Fsp3) is 0.619. The molecule has 0 spiro atoms. The van der Waals surface area contributed by atoms with Crippen LogP contribution in [0.3, 0.4) is 0 Å². The number of amides is 1. The minimum Gasteiger partial charge on any atom is -0.453 e. The van der Waals surface area contributed by atoms with Crippen molar-refractivity contribution in [3.63, 3.8) is 0 Å². The van der Waals surface area contributed by atoms with E-state index >= 15 is 4.39 Å². The quantitative estimate of drug-likeness (QED) is 0.348. The highest BCUT2D eigenvalue weighted by atomic mass is 127. The molecule has 2 fully saturated rings. The van der Waals surface area contributed by atoms with Gasteiger partial charge in [-0.2, -0.15) is 0 Å². The lowest BCUT2D eigenvalue weighted by Crippen LogP contribution is -2.52. The minimum absolute atomic E-state index is 0.327. The van der Waals surface area contributed by atoms with Gasteiger partial charge in [0.2, 0.25) is 5.67 Å². The Morgan fingerprint density at radius 2 is 1.93 bits per heavy atom. The number of ether oxygens (including phenoxy) is 2. The van der Waals surface area contributed by atoms with Crippen molar-refractivity contribution in [1.82, 2.24) is 4.90 Å². The number of likely N-dealkylation sites (N-methyl/N-ethyl adjacent to an activating group) is 1. The van der Waals surface area contributed by atoms with Crippen molar-refractivity contribution in [2.45, 2.75) is 51.1 Å². The molecule has 0 bridgehead atoms. The highest BCUT2D eigenvalue weighted by Gasteiger charge is 2.82. The summed E-state index contributed by atoms with van der Waals surface area (Å²) < 4.78 is 28.8. The van der Waals surface area contributed by atoms with Crippen molar-refractivity contribution in [2.24, 2.45) is 17.6 Å². The van der Waals surface area contributed by atoms with Crippen LogP contribution in [0.5, 0.6) is 0 Å². The Balaban J connectivity index is 1.57. The summed E-state index contributed by atoms with van der Waals surface area (Å²) in [6.07, 6.45) is 0.00719. The van der Waals surface area contributed by atoms with Gasteiger partial charge in [-0.05, 0) is 90.1 Å². The first-order chi connectivity index (χ1) is 14.1. The van der Waals surface area contributed by atoms with E-state index in [1.807, 2.05) is 26.0 Å².